The van der Waals surface area contributed by atoms with Gasteiger partial charge in [0, 0.05) is 24.5 Å². The Morgan fingerprint density at radius 3 is 2.28 bits per heavy atom. The number of ether oxygens (including phenoxy) is 2. The number of hydrogen-bond donors (Lipinski definition) is 3. The summed E-state index contributed by atoms with van der Waals surface area (Å²) in [6.07, 6.45) is 2.26. The summed E-state index contributed by atoms with van der Waals surface area (Å²) in [5.41, 5.74) is 2.10. The van der Waals surface area contributed by atoms with Gasteiger partial charge >= 0.3 is 6.09 Å². The molecular formula is C34H51N3O5Si. The summed E-state index contributed by atoms with van der Waals surface area (Å²) in [5.74, 6) is 0.638. The predicted octanol–water partition coefficient (Wildman–Crippen LogP) is 7.45. The van der Waals surface area contributed by atoms with Crippen LogP contribution >= 0.6 is 0 Å². The Balaban J connectivity index is 1.71. The van der Waals surface area contributed by atoms with Crippen molar-refractivity contribution in [3.05, 3.63) is 76.1 Å². The van der Waals surface area contributed by atoms with E-state index in [1.165, 1.54) is 0 Å². The van der Waals surface area contributed by atoms with Crippen molar-refractivity contribution in [2.24, 2.45) is 0 Å². The molecule has 0 saturated heterocycles. The molecule has 2 aromatic carbocycles. The molecule has 0 saturated carbocycles. The number of carbonyl (C=O) groups excluding carboxylic acids is 1. The fourth-order valence-electron chi connectivity index (χ4n) is 4.42. The van der Waals surface area contributed by atoms with Crippen LogP contribution in [0.15, 0.2) is 59.4 Å². The summed E-state index contributed by atoms with van der Waals surface area (Å²) in [6, 6.07) is 17.4. The minimum atomic E-state index is -2.13. The molecule has 0 aliphatic carbocycles. The van der Waals surface area contributed by atoms with Crippen molar-refractivity contribution in [2.75, 3.05) is 19.6 Å². The number of benzene rings is 2. The quantitative estimate of drug-likeness (QED) is 0.130. The zero-order valence-electron chi connectivity index (χ0n) is 27.3. The van der Waals surface area contributed by atoms with E-state index in [9.17, 15) is 9.59 Å². The van der Waals surface area contributed by atoms with E-state index in [1.54, 1.807) is 6.07 Å². The average Bonchev–Trinajstić information content (AvgIpc) is 2.91. The molecule has 3 rings (SSSR count). The van der Waals surface area contributed by atoms with Gasteiger partial charge in [-0.1, -0.05) is 63.6 Å². The number of hydrogen-bond acceptors (Lipinski definition) is 6. The first-order chi connectivity index (χ1) is 20.2. The second-order valence-corrected chi connectivity index (χ2v) is 18.4. The van der Waals surface area contributed by atoms with Crippen LogP contribution in [0.5, 0.6) is 5.75 Å². The van der Waals surface area contributed by atoms with Gasteiger partial charge in [0.2, 0.25) is 5.56 Å². The van der Waals surface area contributed by atoms with E-state index in [4.69, 9.17) is 13.9 Å². The Bertz CT molecular complexity index is 1380. The Hall–Kier alpha value is -3.14. The maximum absolute atomic E-state index is 12.4. The Kier molecular flexibility index (Phi) is 12.0. The number of pyridine rings is 1. The Morgan fingerprint density at radius 1 is 0.907 bits per heavy atom. The van der Waals surface area contributed by atoms with Crippen LogP contribution in [-0.2, 0) is 15.8 Å². The summed E-state index contributed by atoms with van der Waals surface area (Å²) in [6.45, 7) is 19.3. The van der Waals surface area contributed by atoms with Gasteiger partial charge < -0.3 is 29.5 Å². The van der Waals surface area contributed by atoms with Crippen molar-refractivity contribution in [2.45, 2.75) is 97.2 Å². The fourth-order valence-corrected chi connectivity index (χ4v) is 5.70. The Morgan fingerprint density at radius 2 is 1.60 bits per heavy atom. The third-order valence-electron chi connectivity index (χ3n) is 7.75. The van der Waals surface area contributed by atoms with Crippen LogP contribution in [0.4, 0.5) is 4.79 Å². The van der Waals surface area contributed by atoms with Crippen molar-refractivity contribution in [3.63, 3.8) is 0 Å². The van der Waals surface area contributed by atoms with Crippen molar-refractivity contribution in [1.29, 1.82) is 0 Å². The summed E-state index contributed by atoms with van der Waals surface area (Å²) in [4.78, 5) is 27.2. The van der Waals surface area contributed by atoms with Gasteiger partial charge in [-0.3, -0.25) is 4.79 Å². The van der Waals surface area contributed by atoms with E-state index in [-0.39, 0.29) is 22.8 Å². The summed E-state index contributed by atoms with van der Waals surface area (Å²) >= 11 is 0. The van der Waals surface area contributed by atoms with Gasteiger partial charge in [-0.2, -0.15) is 0 Å². The molecule has 0 fully saturated rings. The van der Waals surface area contributed by atoms with Crippen molar-refractivity contribution >= 4 is 25.3 Å². The van der Waals surface area contributed by atoms with Gasteiger partial charge in [0.1, 0.15) is 18.0 Å². The van der Waals surface area contributed by atoms with Gasteiger partial charge in [-0.25, -0.2) is 4.79 Å². The lowest BCUT2D eigenvalue weighted by Crippen LogP contribution is -2.43. The molecule has 1 unspecified atom stereocenters. The lowest BCUT2D eigenvalue weighted by atomic mass is 10.0. The molecule has 0 spiro atoms. The molecule has 0 aliphatic heterocycles. The first kappa shape index (κ1) is 34.3. The van der Waals surface area contributed by atoms with Crippen molar-refractivity contribution in [3.8, 4) is 5.75 Å². The van der Waals surface area contributed by atoms with Gasteiger partial charge in [0.25, 0.3) is 0 Å². The second-order valence-electron chi connectivity index (χ2n) is 13.6. The van der Waals surface area contributed by atoms with Crippen LogP contribution in [0, 0.1) is 0 Å². The number of nitrogens with one attached hydrogen (secondary N) is 3. The monoisotopic (exact) mass is 609 g/mol. The Labute approximate surface area is 258 Å². The third-order valence-corrected chi connectivity index (χ3v) is 12.2. The highest BCUT2D eigenvalue weighted by molar-refractivity contribution is 6.74. The molecule has 0 bridgehead atoms. The first-order valence-corrected chi connectivity index (χ1v) is 18.3. The molecule has 1 atom stereocenters. The van der Waals surface area contributed by atoms with E-state index in [0.29, 0.717) is 31.0 Å². The number of aromatic nitrogens is 1. The highest BCUT2D eigenvalue weighted by atomic mass is 28.4. The number of unbranched alkanes of at least 4 members (excludes halogenated alkanes) is 2. The summed E-state index contributed by atoms with van der Waals surface area (Å²) in [7, 11) is -2.13. The molecule has 3 N–H and O–H groups in total. The highest BCUT2D eigenvalue weighted by Crippen LogP contribution is 2.41. The lowest BCUT2D eigenvalue weighted by molar-refractivity contribution is 0.0527. The molecule has 0 radical (unpaired) electrons. The minimum Gasteiger partial charge on any atom is -0.487 e. The molecule has 1 amide bonds. The number of aromatic amines is 1. The zero-order chi connectivity index (χ0) is 31.7. The smallest absolute Gasteiger partial charge is 0.407 e. The molecule has 9 heteroatoms. The van der Waals surface area contributed by atoms with Gasteiger partial charge in [-0.05, 0) is 81.5 Å². The number of alkyl carbamates (subject to hydrolysis) is 1. The largest absolute Gasteiger partial charge is 0.487 e. The van der Waals surface area contributed by atoms with Gasteiger partial charge in [0.05, 0.1) is 11.6 Å². The lowest BCUT2D eigenvalue weighted by Gasteiger charge is -2.39. The molecule has 236 valence electrons. The number of carbonyl (C=O) groups is 1. The SMILES string of the molecule is CC(C)(C)OC(=O)NCCCCCNCC(O[Si](C)(C)C(C)(C)C)c1ccc(OCc2ccccc2)c2[nH]c(=O)ccc12. The highest BCUT2D eigenvalue weighted by Gasteiger charge is 2.39. The first-order valence-electron chi connectivity index (χ1n) is 15.3. The maximum atomic E-state index is 12.4. The zero-order valence-corrected chi connectivity index (χ0v) is 28.3. The van der Waals surface area contributed by atoms with E-state index >= 15 is 0 Å². The molecule has 1 heterocycles. The molecule has 8 nitrogen and oxygen atoms in total. The molecule has 43 heavy (non-hydrogen) atoms. The fraction of sp³-hybridized carbons (Fsp3) is 0.529. The average molecular weight is 610 g/mol. The van der Waals surface area contributed by atoms with Crippen molar-refractivity contribution < 1.29 is 18.7 Å². The standard InChI is InChI=1S/C34H51N3O5Si/c1-33(2,3)41-32(39)36-22-14-10-13-21-35-23-29(42-43(7,8)34(4,5)6)26-17-19-28(31-27(26)18-20-30(38)37-31)40-24-25-15-11-9-12-16-25/h9,11-12,15-20,29,35H,10,13-14,21-24H2,1-8H3,(H,36,39)(H,37,38). The minimum absolute atomic E-state index is 0.0369. The van der Waals surface area contributed by atoms with E-state index in [0.717, 1.165) is 42.3 Å². The topological polar surface area (TPSA) is 102 Å². The van der Waals surface area contributed by atoms with Gasteiger partial charge in [-0.15, -0.1) is 0 Å². The van der Waals surface area contributed by atoms with E-state index in [2.05, 4.69) is 55.5 Å². The number of rotatable bonds is 14. The summed E-state index contributed by atoms with van der Waals surface area (Å²) < 4.78 is 18.5. The maximum Gasteiger partial charge on any atom is 0.407 e. The van der Waals surface area contributed by atoms with Crippen molar-refractivity contribution in [1.82, 2.24) is 15.6 Å². The van der Waals surface area contributed by atoms with Crippen LogP contribution in [0.25, 0.3) is 10.9 Å². The number of fused-ring (bicyclic) bond motifs is 1. The van der Waals surface area contributed by atoms with Crippen LogP contribution in [0.1, 0.15) is 78.0 Å². The van der Waals surface area contributed by atoms with Crippen LogP contribution < -0.4 is 20.9 Å². The van der Waals surface area contributed by atoms with Crippen LogP contribution in [0.3, 0.4) is 0 Å². The molecule has 3 aromatic rings. The molecule has 1 aromatic heterocycles. The molecule has 0 aliphatic rings. The van der Waals surface area contributed by atoms with Crippen LogP contribution in [-0.4, -0.2) is 44.6 Å². The normalized spacial score (nSPS) is 13.1. The second kappa shape index (κ2) is 15.0. The van der Waals surface area contributed by atoms with E-state index < -0.39 is 13.9 Å². The predicted molar refractivity (Wildman–Crippen MR) is 177 cm³/mol. The number of H-pyrrole nitrogens is 1. The van der Waals surface area contributed by atoms with Gasteiger partial charge in [0.15, 0.2) is 8.32 Å². The third kappa shape index (κ3) is 10.8. The van der Waals surface area contributed by atoms with E-state index in [1.807, 2.05) is 63.2 Å². The number of amides is 1. The summed E-state index contributed by atoms with van der Waals surface area (Å²) in [5, 5.41) is 7.39. The van der Waals surface area contributed by atoms with Crippen LogP contribution in [0.2, 0.25) is 18.1 Å². The molecular weight excluding hydrogens is 558 g/mol.